The Morgan fingerprint density at radius 1 is 1.15 bits per heavy atom. The summed E-state index contributed by atoms with van der Waals surface area (Å²) in [5, 5.41) is 17.0. The molecule has 0 radical (unpaired) electrons. The first kappa shape index (κ1) is 21.9. The normalized spacial score (nSPS) is 17.1. The van der Waals surface area contributed by atoms with Gasteiger partial charge in [0, 0.05) is 35.4 Å². The van der Waals surface area contributed by atoms with Crippen molar-refractivity contribution in [2.45, 2.75) is 78.6 Å². The number of benzene rings is 1. The fourth-order valence-electron chi connectivity index (χ4n) is 5.44. The molecule has 2 aromatic heterocycles. The van der Waals surface area contributed by atoms with Crippen molar-refractivity contribution in [2.24, 2.45) is 5.41 Å². The van der Waals surface area contributed by atoms with E-state index in [1.54, 1.807) is 0 Å². The maximum Gasteiger partial charge on any atom is 0.303 e. The highest BCUT2D eigenvalue weighted by Crippen LogP contribution is 2.47. The number of rotatable bonds is 6. The summed E-state index contributed by atoms with van der Waals surface area (Å²) in [5.41, 5.74) is 12.1. The summed E-state index contributed by atoms with van der Waals surface area (Å²) in [6.07, 6.45) is 8.70. The minimum absolute atomic E-state index is 0.152. The van der Waals surface area contributed by atoms with Crippen molar-refractivity contribution >= 4 is 5.97 Å². The summed E-state index contributed by atoms with van der Waals surface area (Å²) in [6.45, 7) is 8.86. The molecule has 0 spiro atoms. The molecule has 1 aromatic carbocycles. The van der Waals surface area contributed by atoms with Crippen molar-refractivity contribution in [1.29, 1.82) is 0 Å². The van der Waals surface area contributed by atoms with Gasteiger partial charge in [0.05, 0.1) is 11.4 Å². The van der Waals surface area contributed by atoms with Crippen molar-refractivity contribution in [3.05, 3.63) is 57.9 Å². The first-order valence-electron chi connectivity index (χ1n) is 12.1. The van der Waals surface area contributed by atoms with Gasteiger partial charge in [0.15, 0.2) is 0 Å². The molecule has 0 aliphatic heterocycles. The fourth-order valence-corrected chi connectivity index (χ4v) is 5.44. The Hall–Kier alpha value is -2.95. The van der Waals surface area contributed by atoms with Gasteiger partial charge < -0.3 is 5.11 Å². The predicted octanol–water partition coefficient (Wildman–Crippen LogP) is 6.17. The number of aliphatic carboxylic acids is 1. The first-order chi connectivity index (χ1) is 15.7. The number of aryl methyl sites for hydroxylation is 2. The van der Waals surface area contributed by atoms with E-state index in [0.29, 0.717) is 17.8 Å². The minimum atomic E-state index is -0.761. The van der Waals surface area contributed by atoms with Gasteiger partial charge >= 0.3 is 5.97 Å². The molecule has 0 unspecified atom stereocenters. The van der Waals surface area contributed by atoms with Crippen LogP contribution in [-0.2, 0) is 24.1 Å². The van der Waals surface area contributed by atoms with Crippen LogP contribution in [0.3, 0.4) is 0 Å². The topological polar surface area (TPSA) is 78.9 Å². The Morgan fingerprint density at radius 2 is 1.88 bits per heavy atom. The standard InChI is InChI=1S/C28H33N3O2/c1-16-11-19(12-17(2)20(16)7-8-26(32)33)24-13-25(31-30-24)23-15-29-27(18-5-6-18)22-14-28(3,4)10-9-21(22)23/h11-13,15,18H,5-10,14H2,1-4H3,(H,30,31)(H,32,33). The SMILES string of the molecule is Cc1cc(-c2cc(-c3cnc(C4CC4)c4c3CCC(C)(C)C4)[nH]n2)cc(C)c1CCC(=O)O. The van der Waals surface area contributed by atoms with Crippen LogP contribution in [0.1, 0.15) is 79.0 Å². The van der Waals surface area contributed by atoms with Crippen LogP contribution >= 0.6 is 0 Å². The van der Waals surface area contributed by atoms with Crippen LogP contribution in [0.4, 0.5) is 0 Å². The van der Waals surface area contributed by atoms with Crippen molar-refractivity contribution in [3.8, 4) is 22.5 Å². The molecule has 33 heavy (non-hydrogen) atoms. The maximum atomic E-state index is 11.0. The molecule has 5 nitrogen and oxygen atoms in total. The van der Waals surface area contributed by atoms with Crippen molar-refractivity contribution in [3.63, 3.8) is 0 Å². The van der Waals surface area contributed by atoms with E-state index in [-0.39, 0.29) is 6.42 Å². The number of nitrogens with one attached hydrogen (secondary N) is 1. The number of carboxylic acid groups (broad SMARTS) is 1. The largest absolute Gasteiger partial charge is 0.481 e. The first-order valence-corrected chi connectivity index (χ1v) is 12.1. The monoisotopic (exact) mass is 443 g/mol. The lowest BCUT2D eigenvalue weighted by molar-refractivity contribution is -0.136. The number of hydrogen-bond donors (Lipinski definition) is 2. The highest BCUT2D eigenvalue weighted by molar-refractivity contribution is 5.73. The predicted molar refractivity (Wildman–Crippen MR) is 130 cm³/mol. The van der Waals surface area contributed by atoms with Crippen LogP contribution in [0.25, 0.3) is 22.5 Å². The number of aromatic nitrogens is 3. The van der Waals surface area contributed by atoms with Crippen LogP contribution in [0.5, 0.6) is 0 Å². The zero-order valence-electron chi connectivity index (χ0n) is 20.1. The molecule has 2 aliphatic rings. The number of hydrogen-bond acceptors (Lipinski definition) is 3. The van der Waals surface area contributed by atoms with Crippen molar-refractivity contribution in [1.82, 2.24) is 15.2 Å². The van der Waals surface area contributed by atoms with Gasteiger partial charge in [0.25, 0.3) is 0 Å². The summed E-state index contributed by atoms with van der Waals surface area (Å²) >= 11 is 0. The van der Waals surface area contributed by atoms with E-state index in [9.17, 15) is 4.79 Å². The van der Waals surface area contributed by atoms with Crippen molar-refractivity contribution < 1.29 is 9.90 Å². The van der Waals surface area contributed by atoms with E-state index in [2.05, 4.69) is 62.3 Å². The lowest BCUT2D eigenvalue weighted by Crippen LogP contribution is -2.24. The van der Waals surface area contributed by atoms with Gasteiger partial charge in [-0.25, -0.2) is 0 Å². The average Bonchev–Trinajstić information content (AvgIpc) is 3.47. The third-order valence-electron chi connectivity index (χ3n) is 7.45. The van der Waals surface area contributed by atoms with Gasteiger partial charge in [-0.1, -0.05) is 13.8 Å². The molecule has 0 bridgehead atoms. The highest BCUT2D eigenvalue weighted by Gasteiger charge is 2.35. The second kappa shape index (κ2) is 8.12. The van der Waals surface area contributed by atoms with Crippen LogP contribution in [-0.4, -0.2) is 26.3 Å². The third-order valence-corrected chi connectivity index (χ3v) is 7.45. The molecular formula is C28H33N3O2. The summed E-state index contributed by atoms with van der Waals surface area (Å²) in [6, 6.07) is 6.38. The molecule has 0 amide bonds. The number of carboxylic acids is 1. The molecule has 0 atom stereocenters. The van der Waals surface area contributed by atoms with E-state index >= 15 is 0 Å². The summed E-state index contributed by atoms with van der Waals surface area (Å²) in [7, 11) is 0. The van der Waals surface area contributed by atoms with Gasteiger partial charge in [-0.15, -0.1) is 0 Å². The van der Waals surface area contributed by atoms with E-state index in [1.807, 2.05) is 0 Å². The van der Waals surface area contributed by atoms with Gasteiger partial charge in [0.1, 0.15) is 0 Å². The Balaban J connectivity index is 1.49. The number of pyridine rings is 1. The zero-order valence-corrected chi connectivity index (χ0v) is 20.1. The maximum absolute atomic E-state index is 11.0. The van der Waals surface area contributed by atoms with Gasteiger partial charge in [-0.3, -0.25) is 14.9 Å². The van der Waals surface area contributed by atoms with Crippen LogP contribution in [0.15, 0.2) is 24.4 Å². The Morgan fingerprint density at radius 3 is 2.55 bits per heavy atom. The number of fused-ring (bicyclic) bond motifs is 1. The Bertz CT molecular complexity index is 1210. The van der Waals surface area contributed by atoms with Gasteiger partial charge in [0.2, 0.25) is 0 Å². The van der Waals surface area contributed by atoms with Gasteiger partial charge in [-0.05, 0) is 104 Å². The zero-order chi connectivity index (χ0) is 23.3. The van der Waals surface area contributed by atoms with Crippen molar-refractivity contribution in [2.75, 3.05) is 0 Å². The van der Waals surface area contributed by atoms with Crippen LogP contribution in [0.2, 0.25) is 0 Å². The molecular weight excluding hydrogens is 410 g/mol. The molecule has 2 heterocycles. The lowest BCUT2D eigenvalue weighted by atomic mass is 9.72. The Kier molecular flexibility index (Phi) is 5.38. The molecule has 1 saturated carbocycles. The van der Waals surface area contributed by atoms with E-state index in [1.165, 1.54) is 41.6 Å². The molecule has 0 saturated heterocycles. The number of nitrogens with zero attached hydrogens (tertiary/aromatic N) is 2. The molecule has 2 aliphatic carbocycles. The highest BCUT2D eigenvalue weighted by atomic mass is 16.4. The molecule has 172 valence electrons. The smallest absolute Gasteiger partial charge is 0.303 e. The van der Waals surface area contributed by atoms with E-state index in [4.69, 9.17) is 10.1 Å². The summed E-state index contributed by atoms with van der Waals surface area (Å²) in [4.78, 5) is 16.0. The van der Waals surface area contributed by atoms with Crippen LogP contribution < -0.4 is 0 Å². The van der Waals surface area contributed by atoms with E-state index in [0.717, 1.165) is 46.5 Å². The number of aromatic amines is 1. The lowest BCUT2D eigenvalue weighted by Gasteiger charge is -2.33. The van der Waals surface area contributed by atoms with Crippen LogP contribution in [0, 0.1) is 19.3 Å². The minimum Gasteiger partial charge on any atom is -0.481 e. The third kappa shape index (κ3) is 4.33. The molecule has 5 heteroatoms. The number of carbonyl (C=O) groups is 1. The average molecular weight is 444 g/mol. The molecule has 5 rings (SSSR count). The summed E-state index contributed by atoms with van der Waals surface area (Å²) in [5.74, 6) is -0.104. The molecule has 1 fully saturated rings. The summed E-state index contributed by atoms with van der Waals surface area (Å²) < 4.78 is 0. The molecule has 3 aromatic rings. The fraction of sp³-hybridized carbons (Fsp3) is 0.464. The Labute approximate surface area is 195 Å². The second-order valence-corrected chi connectivity index (χ2v) is 10.8. The van der Waals surface area contributed by atoms with E-state index < -0.39 is 5.97 Å². The number of H-pyrrole nitrogens is 1. The molecule has 2 N–H and O–H groups in total. The quantitative estimate of drug-likeness (QED) is 0.478. The van der Waals surface area contributed by atoms with Gasteiger partial charge in [-0.2, -0.15) is 5.10 Å². The second-order valence-electron chi connectivity index (χ2n) is 10.8.